The Morgan fingerprint density at radius 2 is 2.21 bits per heavy atom. The predicted molar refractivity (Wildman–Crippen MR) is 75.5 cm³/mol. The van der Waals surface area contributed by atoms with Gasteiger partial charge in [-0.3, -0.25) is 9.59 Å². The molecule has 1 unspecified atom stereocenters. The lowest BCUT2D eigenvalue weighted by molar-refractivity contribution is 0.0923. The van der Waals surface area contributed by atoms with Crippen molar-refractivity contribution in [3.8, 4) is 0 Å². The SMILES string of the molecule is CCCC(C)C(=O)c1ccc2c(c1)C(=O)NCCC2. The van der Waals surface area contributed by atoms with Crippen molar-refractivity contribution < 1.29 is 9.59 Å². The van der Waals surface area contributed by atoms with Gasteiger partial charge in [0, 0.05) is 23.6 Å². The standard InChI is InChI=1S/C16H21NO2/c1-3-5-11(2)15(18)13-8-7-12-6-4-9-17-16(19)14(12)10-13/h7-8,10-11H,3-6,9H2,1-2H3,(H,17,19). The summed E-state index contributed by atoms with van der Waals surface area (Å²) in [5, 5.41) is 2.87. The van der Waals surface area contributed by atoms with Gasteiger partial charge < -0.3 is 5.32 Å². The summed E-state index contributed by atoms with van der Waals surface area (Å²) in [7, 11) is 0. The maximum Gasteiger partial charge on any atom is 0.251 e. The molecular weight excluding hydrogens is 238 g/mol. The zero-order valence-corrected chi connectivity index (χ0v) is 11.7. The Balaban J connectivity index is 2.29. The van der Waals surface area contributed by atoms with Crippen molar-refractivity contribution in [1.29, 1.82) is 0 Å². The van der Waals surface area contributed by atoms with Crippen molar-refractivity contribution >= 4 is 11.7 Å². The highest BCUT2D eigenvalue weighted by molar-refractivity contribution is 6.02. The van der Waals surface area contributed by atoms with Gasteiger partial charge in [-0.2, -0.15) is 0 Å². The van der Waals surface area contributed by atoms with Crippen LogP contribution in [0.4, 0.5) is 0 Å². The molecule has 0 aliphatic carbocycles. The summed E-state index contributed by atoms with van der Waals surface area (Å²) in [6, 6.07) is 5.57. The molecule has 2 rings (SSSR count). The molecule has 1 N–H and O–H groups in total. The van der Waals surface area contributed by atoms with E-state index in [0.717, 1.165) is 31.2 Å². The van der Waals surface area contributed by atoms with Crippen LogP contribution in [-0.4, -0.2) is 18.2 Å². The lowest BCUT2D eigenvalue weighted by Gasteiger charge is -2.11. The highest BCUT2D eigenvalue weighted by Crippen LogP contribution is 2.20. The van der Waals surface area contributed by atoms with Gasteiger partial charge in [0.2, 0.25) is 0 Å². The molecule has 1 aliphatic rings. The second kappa shape index (κ2) is 6.00. The number of rotatable bonds is 4. The van der Waals surface area contributed by atoms with Crippen molar-refractivity contribution in [3.63, 3.8) is 0 Å². The minimum Gasteiger partial charge on any atom is -0.352 e. The van der Waals surface area contributed by atoms with Crippen LogP contribution in [-0.2, 0) is 6.42 Å². The number of Topliss-reactive ketones (excluding diaryl/α,β-unsaturated/α-hetero) is 1. The van der Waals surface area contributed by atoms with Crippen LogP contribution in [0, 0.1) is 5.92 Å². The molecule has 1 aromatic carbocycles. The molecule has 0 spiro atoms. The van der Waals surface area contributed by atoms with E-state index >= 15 is 0 Å². The average Bonchev–Trinajstić information content (AvgIpc) is 2.60. The van der Waals surface area contributed by atoms with E-state index in [4.69, 9.17) is 0 Å². The zero-order valence-electron chi connectivity index (χ0n) is 11.7. The number of amides is 1. The van der Waals surface area contributed by atoms with E-state index in [1.165, 1.54) is 0 Å². The molecule has 0 aromatic heterocycles. The van der Waals surface area contributed by atoms with E-state index in [1.54, 1.807) is 6.07 Å². The van der Waals surface area contributed by atoms with Crippen LogP contribution in [0.15, 0.2) is 18.2 Å². The molecule has 1 atom stereocenters. The Labute approximate surface area is 114 Å². The van der Waals surface area contributed by atoms with Gasteiger partial charge in [-0.05, 0) is 30.9 Å². The Morgan fingerprint density at radius 1 is 1.42 bits per heavy atom. The van der Waals surface area contributed by atoms with Crippen molar-refractivity contribution in [2.45, 2.75) is 39.5 Å². The van der Waals surface area contributed by atoms with Gasteiger partial charge in [0.15, 0.2) is 5.78 Å². The van der Waals surface area contributed by atoms with E-state index < -0.39 is 0 Å². The van der Waals surface area contributed by atoms with Crippen LogP contribution in [0.1, 0.15) is 59.4 Å². The second-order valence-corrected chi connectivity index (χ2v) is 5.29. The molecule has 1 aliphatic heterocycles. The number of fused-ring (bicyclic) bond motifs is 1. The topological polar surface area (TPSA) is 46.2 Å². The summed E-state index contributed by atoms with van der Waals surface area (Å²) in [6.45, 7) is 4.74. The van der Waals surface area contributed by atoms with E-state index in [0.29, 0.717) is 17.7 Å². The lowest BCUT2D eigenvalue weighted by atomic mass is 9.92. The molecule has 1 aromatic rings. The van der Waals surface area contributed by atoms with E-state index in [1.807, 2.05) is 19.1 Å². The molecule has 0 radical (unpaired) electrons. The number of aryl methyl sites for hydroxylation is 1. The number of carbonyl (C=O) groups is 2. The van der Waals surface area contributed by atoms with Crippen molar-refractivity contribution in [3.05, 3.63) is 34.9 Å². The molecule has 0 bridgehead atoms. The fourth-order valence-corrected chi connectivity index (χ4v) is 2.58. The van der Waals surface area contributed by atoms with E-state index in [-0.39, 0.29) is 17.6 Å². The Hall–Kier alpha value is -1.64. The maximum absolute atomic E-state index is 12.3. The number of ketones is 1. The number of benzene rings is 1. The summed E-state index contributed by atoms with van der Waals surface area (Å²) >= 11 is 0. The molecule has 1 amide bonds. The highest BCUT2D eigenvalue weighted by Gasteiger charge is 2.19. The average molecular weight is 259 g/mol. The third-order valence-electron chi connectivity index (χ3n) is 3.72. The molecule has 102 valence electrons. The number of nitrogens with one attached hydrogen (secondary N) is 1. The summed E-state index contributed by atoms with van der Waals surface area (Å²) in [5.74, 6) is 0.115. The van der Waals surface area contributed by atoms with Crippen molar-refractivity contribution in [2.24, 2.45) is 5.92 Å². The van der Waals surface area contributed by atoms with Crippen LogP contribution in [0.2, 0.25) is 0 Å². The molecule has 0 fully saturated rings. The number of hydrogen-bond donors (Lipinski definition) is 1. The molecular formula is C16H21NO2. The maximum atomic E-state index is 12.3. The number of carbonyl (C=O) groups excluding carboxylic acids is 2. The van der Waals surface area contributed by atoms with E-state index in [9.17, 15) is 9.59 Å². The lowest BCUT2D eigenvalue weighted by Crippen LogP contribution is -2.23. The minimum atomic E-state index is -0.0507. The van der Waals surface area contributed by atoms with Gasteiger partial charge >= 0.3 is 0 Å². The van der Waals surface area contributed by atoms with Gasteiger partial charge in [-0.1, -0.05) is 32.4 Å². The summed E-state index contributed by atoms with van der Waals surface area (Å²) in [6.07, 6.45) is 3.74. The first-order chi connectivity index (χ1) is 9.13. The summed E-state index contributed by atoms with van der Waals surface area (Å²) in [4.78, 5) is 24.2. The van der Waals surface area contributed by atoms with E-state index in [2.05, 4.69) is 12.2 Å². The molecule has 19 heavy (non-hydrogen) atoms. The Bertz CT molecular complexity index is 494. The first-order valence-corrected chi connectivity index (χ1v) is 7.08. The Kier molecular flexibility index (Phi) is 4.35. The fraction of sp³-hybridized carbons (Fsp3) is 0.500. The molecule has 1 heterocycles. The highest BCUT2D eigenvalue weighted by atomic mass is 16.1. The molecule has 0 saturated carbocycles. The van der Waals surface area contributed by atoms with Crippen LogP contribution < -0.4 is 5.32 Å². The minimum absolute atomic E-state index is 0.0249. The van der Waals surface area contributed by atoms with Gasteiger partial charge in [-0.25, -0.2) is 0 Å². The van der Waals surface area contributed by atoms with Gasteiger partial charge in [-0.15, -0.1) is 0 Å². The molecule has 0 saturated heterocycles. The molecule has 3 nitrogen and oxygen atoms in total. The van der Waals surface area contributed by atoms with Gasteiger partial charge in [0.05, 0.1) is 0 Å². The smallest absolute Gasteiger partial charge is 0.251 e. The van der Waals surface area contributed by atoms with Crippen molar-refractivity contribution in [2.75, 3.05) is 6.54 Å². The van der Waals surface area contributed by atoms with Gasteiger partial charge in [0.25, 0.3) is 5.91 Å². The van der Waals surface area contributed by atoms with Crippen LogP contribution in [0.3, 0.4) is 0 Å². The zero-order chi connectivity index (χ0) is 13.8. The fourth-order valence-electron chi connectivity index (χ4n) is 2.58. The normalized spacial score (nSPS) is 16.2. The quantitative estimate of drug-likeness (QED) is 0.845. The first kappa shape index (κ1) is 13.8. The largest absolute Gasteiger partial charge is 0.352 e. The van der Waals surface area contributed by atoms with Crippen LogP contribution in [0.25, 0.3) is 0 Å². The first-order valence-electron chi connectivity index (χ1n) is 7.08. The van der Waals surface area contributed by atoms with Gasteiger partial charge in [0.1, 0.15) is 0 Å². The Morgan fingerprint density at radius 3 is 2.95 bits per heavy atom. The monoisotopic (exact) mass is 259 g/mol. The third-order valence-corrected chi connectivity index (χ3v) is 3.72. The summed E-state index contributed by atoms with van der Waals surface area (Å²) in [5.41, 5.74) is 2.39. The third kappa shape index (κ3) is 3.03. The summed E-state index contributed by atoms with van der Waals surface area (Å²) < 4.78 is 0. The number of hydrogen-bond acceptors (Lipinski definition) is 2. The van der Waals surface area contributed by atoms with Crippen LogP contribution in [0.5, 0.6) is 0 Å². The van der Waals surface area contributed by atoms with Crippen molar-refractivity contribution in [1.82, 2.24) is 5.32 Å². The predicted octanol–water partition coefficient (Wildman–Crippen LogP) is 2.98. The second-order valence-electron chi connectivity index (χ2n) is 5.29. The van der Waals surface area contributed by atoms with Crippen LogP contribution >= 0.6 is 0 Å². The molecule has 3 heteroatoms.